The van der Waals surface area contributed by atoms with E-state index in [1.807, 2.05) is 18.2 Å². The largest absolute Gasteiger partial charge is 0.465 e. The van der Waals surface area contributed by atoms with Gasteiger partial charge in [0.05, 0.1) is 22.0 Å². The number of nitrogens with one attached hydrogen (secondary N) is 1. The Bertz CT molecular complexity index is 993. The maximum atomic E-state index is 11.6. The van der Waals surface area contributed by atoms with Gasteiger partial charge in [-0.2, -0.15) is 0 Å². The molecule has 1 aliphatic rings. The number of nitrogens with zero attached hydrogens (tertiary/aromatic N) is 2. The van der Waals surface area contributed by atoms with Gasteiger partial charge in [0, 0.05) is 11.4 Å². The Morgan fingerprint density at radius 1 is 1.27 bits per heavy atom. The van der Waals surface area contributed by atoms with Crippen LogP contribution in [0.4, 0.5) is 4.79 Å². The van der Waals surface area contributed by atoms with Crippen molar-refractivity contribution in [2.45, 2.75) is 25.3 Å². The second-order valence-corrected chi connectivity index (χ2v) is 7.46. The molecule has 1 unspecified atom stereocenters. The topological polar surface area (TPSA) is 112 Å². The van der Waals surface area contributed by atoms with Crippen LogP contribution in [0.25, 0.3) is 21.7 Å². The number of H-pyrrole nitrogens is 1. The molecule has 0 spiro atoms. The predicted octanol–water partition coefficient (Wildman–Crippen LogP) is 3.60. The third kappa shape index (κ3) is 2.82. The fourth-order valence-corrected chi connectivity index (χ4v) is 4.56. The van der Waals surface area contributed by atoms with Gasteiger partial charge >= 0.3 is 6.09 Å². The second kappa shape index (κ2) is 6.45. The van der Waals surface area contributed by atoms with E-state index in [1.54, 1.807) is 12.1 Å². The molecule has 8 heteroatoms. The first-order valence-electron chi connectivity index (χ1n) is 8.43. The van der Waals surface area contributed by atoms with Crippen molar-refractivity contribution in [3.8, 4) is 10.7 Å². The number of benzene rings is 1. The van der Waals surface area contributed by atoms with Gasteiger partial charge in [0.1, 0.15) is 11.3 Å². The number of likely N-dealkylation sites (tertiary alicyclic amines) is 1. The monoisotopic (exact) mass is 370 g/mol. The number of hydrogen-bond acceptors (Lipinski definition) is 4. The summed E-state index contributed by atoms with van der Waals surface area (Å²) in [7, 11) is 0. The predicted molar refractivity (Wildman–Crippen MR) is 99.2 cm³/mol. The van der Waals surface area contributed by atoms with Gasteiger partial charge in [0.15, 0.2) is 0 Å². The number of fused-ring (bicyclic) bond motifs is 1. The number of piperidine rings is 1. The summed E-state index contributed by atoms with van der Waals surface area (Å²) in [6, 6.07) is 9.06. The quantitative estimate of drug-likeness (QED) is 0.654. The van der Waals surface area contributed by atoms with Crippen molar-refractivity contribution in [1.82, 2.24) is 14.9 Å². The van der Waals surface area contributed by atoms with Crippen LogP contribution in [0, 0.1) is 0 Å². The number of amides is 2. The van der Waals surface area contributed by atoms with Crippen molar-refractivity contribution < 1.29 is 14.7 Å². The highest BCUT2D eigenvalue weighted by Gasteiger charge is 2.29. The number of primary amides is 1. The van der Waals surface area contributed by atoms with Crippen molar-refractivity contribution in [2.24, 2.45) is 5.73 Å². The minimum Gasteiger partial charge on any atom is -0.465 e. The van der Waals surface area contributed by atoms with Crippen molar-refractivity contribution in [3.63, 3.8) is 0 Å². The van der Waals surface area contributed by atoms with Crippen molar-refractivity contribution in [3.05, 3.63) is 40.8 Å². The van der Waals surface area contributed by atoms with Gasteiger partial charge < -0.3 is 20.7 Å². The minimum absolute atomic E-state index is 0.106. The van der Waals surface area contributed by atoms with Gasteiger partial charge in [-0.05, 0) is 43.5 Å². The van der Waals surface area contributed by atoms with Crippen molar-refractivity contribution in [1.29, 1.82) is 0 Å². The van der Waals surface area contributed by atoms with Crippen LogP contribution in [0.15, 0.2) is 30.3 Å². The molecule has 0 radical (unpaired) electrons. The summed E-state index contributed by atoms with van der Waals surface area (Å²) in [5, 5.41) is 9.44. The summed E-state index contributed by atoms with van der Waals surface area (Å²) in [5.41, 5.74) is 7.10. The Morgan fingerprint density at radius 3 is 2.88 bits per heavy atom. The Hall–Kier alpha value is -2.87. The van der Waals surface area contributed by atoms with Gasteiger partial charge in [-0.3, -0.25) is 4.79 Å². The summed E-state index contributed by atoms with van der Waals surface area (Å²) in [6.45, 7) is 0.569. The zero-order valence-electron chi connectivity index (χ0n) is 13.9. The van der Waals surface area contributed by atoms with Gasteiger partial charge in [-0.1, -0.05) is 6.07 Å². The summed E-state index contributed by atoms with van der Waals surface area (Å²) < 4.78 is 0. The zero-order chi connectivity index (χ0) is 18.3. The smallest absolute Gasteiger partial charge is 0.407 e. The normalized spacial score (nSPS) is 17.5. The van der Waals surface area contributed by atoms with Gasteiger partial charge in [0.2, 0.25) is 0 Å². The number of carbonyl (C=O) groups is 2. The average molecular weight is 370 g/mol. The maximum absolute atomic E-state index is 11.6. The first-order valence-corrected chi connectivity index (χ1v) is 9.24. The Morgan fingerprint density at radius 2 is 2.12 bits per heavy atom. The van der Waals surface area contributed by atoms with E-state index in [2.05, 4.69) is 9.97 Å². The summed E-state index contributed by atoms with van der Waals surface area (Å²) in [6.07, 6.45) is 1.88. The Kier molecular flexibility index (Phi) is 4.12. The number of nitrogens with two attached hydrogens (primary N) is 1. The first kappa shape index (κ1) is 16.6. The fourth-order valence-electron chi connectivity index (χ4n) is 3.46. The molecular weight excluding hydrogens is 352 g/mol. The summed E-state index contributed by atoms with van der Waals surface area (Å²) >= 11 is 1.53. The maximum Gasteiger partial charge on any atom is 0.407 e. The van der Waals surface area contributed by atoms with Gasteiger partial charge in [0.25, 0.3) is 5.91 Å². The highest BCUT2D eigenvalue weighted by Crippen LogP contribution is 2.38. The summed E-state index contributed by atoms with van der Waals surface area (Å²) in [5.74, 6) is 0.141. The number of thiophene rings is 1. The van der Waals surface area contributed by atoms with Crippen LogP contribution >= 0.6 is 11.3 Å². The third-order valence-corrected chi connectivity index (χ3v) is 5.91. The SMILES string of the molecule is NC(=O)c1cccc2[nH]c(-c3ccc(C4CCCCN4C(=O)O)s3)nc12. The molecule has 134 valence electrons. The molecule has 3 heterocycles. The number of carbonyl (C=O) groups excluding carboxylic acids is 1. The molecule has 2 amide bonds. The standard InChI is InChI=1S/C18H18N4O3S/c19-16(23)10-4-3-5-11-15(10)21-17(20-11)14-8-7-13(26-14)12-6-1-2-9-22(12)18(24)25/h3-5,7-8,12H,1-2,6,9H2,(H2,19,23)(H,20,21)(H,24,25). The van der Waals surface area contributed by atoms with Crippen molar-refractivity contribution >= 4 is 34.4 Å². The van der Waals surface area contributed by atoms with E-state index < -0.39 is 12.0 Å². The van der Waals surface area contributed by atoms with E-state index in [9.17, 15) is 14.7 Å². The van der Waals surface area contributed by atoms with E-state index in [-0.39, 0.29) is 6.04 Å². The number of imidazole rings is 1. The second-order valence-electron chi connectivity index (χ2n) is 6.34. The highest BCUT2D eigenvalue weighted by atomic mass is 32.1. The molecule has 4 N–H and O–H groups in total. The molecule has 7 nitrogen and oxygen atoms in total. The number of hydrogen-bond donors (Lipinski definition) is 3. The van der Waals surface area contributed by atoms with Crippen LogP contribution in [0.2, 0.25) is 0 Å². The lowest BCUT2D eigenvalue weighted by molar-refractivity contribution is 0.100. The number of para-hydroxylation sites is 1. The third-order valence-electron chi connectivity index (χ3n) is 4.72. The molecule has 1 aliphatic heterocycles. The van der Waals surface area contributed by atoms with E-state index >= 15 is 0 Å². The van der Waals surface area contributed by atoms with E-state index in [0.29, 0.717) is 23.4 Å². The molecule has 3 aromatic rings. The van der Waals surface area contributed by atoms with Crippen LogP contribution in [0.5, 0.6) is 0 Å². The van der Waals surface area contributed by atoms with Gasteiger partial charge in [-0.25, -0.2) is 9.78 Å². The highest BCUT2D eigenvalue weighted by molar-refractivity contribution is 7.15. The molecule has 1 atom stereocenters. The van der Waals surface area contributed by atoms with Crippen molar-refractivity contribution in [2.75, 3.05) is 6.54 Å². The first-order chi connectivity index (χ1) is 12.5. The molecule has 0 saturated carbocycles. The lowest BCUT2D eigenvalue weighted by Crippen LogP contribution is -2.37. The molecule has 2 aromatic heterocycles. The van der Waals surface area contributed by atoms with E-state index in [0.717, 1.165) is 34.5 Å². The van der Waals surface area contributed by atoms with Gasteiger partial charge in [-0.15, -0.1) is 11.3 Å². The molecule has 1 saturated heterocycles. The van der Waals surface area contributed by atoms with E-state index in [4.69, 9.17) is 5.73 Å². The number of aromatic nitrogens is 2. The zero-order valence-corrected chi connectivity index (χ0v) is 14.8. The van der Waals surface area contributed by atoms with Crippen LogP contribution in [-0.2, 0) is 0 Å². The minimum atomic E-state index is -0.875. The molecule has 0 bridgehead atoms. The molecule has 26 heavy (non-hydrogen) atoms. The number of aromatic amines is 1. The fraction of sp³-hybridized carbons (Fsp3) is 0.278. The molecule has 1 aromatic carbocycles. The van der Waals surface area contributed by atoms with Crippen LogP contribution < -0.4 is 5.73 Å². The lowest BCUT2D eigenvalue weighted by Gasteiger charge is -2.32. The van der Waals surface area contributed by atoms with Crippen LogP contribution in [0.1, 0.15) is 40.5 Å². The Balaban J connectivity index is 1.70. The molecule has 4 rings (SSSR count). The van der Waals surface area contributed by atoms with Crippen LogP contribution in [0.3, 0.4) is 0 Å². The lowest BCUT2D eigenvalue weighted by atomic mass is 10.0. The summed E-state index contributed by atoms with van der Waals surface area (Å²) in [4.78, 5) is 34.3. The number of carboxylic acid groups (broad SMARTS) is 1. The molecular formula is C18H18N4O3S. The van der Waals surface area contributed by atoms with E-state index in [1.165, 1.54) is 16.2 Å². The average Bonchev–Trinajstić information content (AvgIpc) is 3.27. The van der Waals surface area contributed by atoms with Crippen LogP contribution in [-0.4, -0.2) is 38.5 Å². The molecule has 1 fully saturated rings. The molecule has 0 aliphatic carbocycles. The Labute approximate surface area is 153 Å². The number of rotatable bonds is 3.